The maximum atomic E-state index is 14.0. The highest BCUT2D eigenvalue weighted by Gasteiger charge is 2.52. The third kappa shape index (κ3) is 7.06. The third-order valence-electron chi connectivity index (χ3n) is 7.93. The van der Waals surface area contributed by atoms with E-state index >= 15 is 0 Å². The lowest BCUT2D eigenvalue weighted by Crippen LogP contribution is -2.48. The molecule has 1 aromatic heterocycles. The van der Waals surface area contributed by atoms with Gasteiger partial charge in [0.15, 0.2) is 5.60 Å². The zero-order valence-corrected chi connectivity index (χ0v) is 25.2. The average molecular weight is 577 g/mol. The Labute approximate surface area is 248 Å². The predicted molar refractivity (Wildman–Crippen MR) is 164 cm³/mol. The molecule has 0 aliphatic carbocycles. The van der Waals surface area contributed by atoms with E-state index in [-0.39, 0.29) is 25.0 Å². The number of benzene rings is 1. The summed E-state index contributed by atoms with van der Waals surface area (Å²) in [7, 11) is 0. The number of rotatable bonds is 13. The Morgan fingerprint density at radius 3 is 2.74 bits per heavy atom. The molecule has 3 heterocycles. The number of carbonyl (C=O) groups is 2. The summed E-state index contributed by atoms with van der Waals surface area (Å²) in [6.07, 6.45) is 12.8. The fraction of sp³-hybridized carbons (Fsp3) is 0.500. The van der Waals surface area contributed by atoms with Crippen molar-refractivity contribution in [1.29, 1.82) is 0 Å². The van der Waals surface area contributed by atoms with Gasteiger partial charge in [-0.15, -0.1) is 5.10 Å². The molecule has 2 aliphatic heterocycles. The molecule has 2 aromatic rings. The number of nitrogens with zero attached hydrogens (tertiary/aromatic N) is 5. The van der Waals surface area contributed by atoms with E-state index in [1.54, 1.807) is 14.5 Å². The number of aliphatic hydroxyl groups excluding tert-OH is 1. The molecule has 10 heteroatoms. The van der Waals surface area contributed by atoms with Gasteiger partial charge in [-0.1, -0.05) is 47.6 Å². The van der Waals surface area contributed by atoms with Gasteiger partial charge in [-0.05, 0) is 58.2 Å². The first-order valence-electron chi connectivity index (χ1n) is 14.8. The highest BCUT2D eigenvalue weighted by Crippen LogP contribution is 2.46. The van der Waals surface area contributed by atoms with E-state index in [9.17, 15) is 14.7 Å². The normalized spacial score (nSPS) is 20.0. The van der Waals surface area contributed by atoms with Crippen molar-refractivity contribution < 1.29 is 19.8 Å². The summed E-state index contributed by atoms with van der Waals surface area (Å²) in [5.41, 5.74) is 3.30. The SMILES string of the molecule is CC(C)=CCC/C(C)=C/CN1C(=O)[C@](O)([C@H](C)/C=C/CCn2cc(CCO)nn2)c2cc(N3CCNCC3=O)ccc21. The lowest BCUT2D eigenvalue weighted by Gasteiger charge is -2.30. The number of anilines is 2. The topological polar surface area (TPSA) is 124 Å². The molecule has 42 heavy (non-hydrogen) atoms. The first-order valence-corrected chi connectivity index (χ1v) is 14.8. The zero-order valence-electron chi connectivity index (χ0n) is 25.2. The maximum absolute atomic E-state index is 14.0. The molecule has 2 aliphatic rings. The van der Waals surface area contributed by atoms with Gasteiger partial charge in [0.1, 0.15) is 0 Å². The molecule has 3 N–H and O–H groups in total. The minimum Gasteiger partial charge on any atom is -0.396 e. The summed E-state index contributed by atoms with van der Waals surface area (Å²) in [6.45, 7) is 10.5. The Balaban J connectivity index is 1.57. The van der Waals surface area contributed by atoms with Crippen molar-refractivity contribution in [2.75, 3.05) is 42.6 Å². The molecule has 4 rings (SSSR count). The number of aromatic nitrogens is 3. The highest BCUT2D eigenvalue weighted by molar-refractivity contribution is 6.08. The fourth-order valence-corrected chi connectivity index (χ4v) is 5.42. The van der Waals surface area contributed by atoms with Crippen molar-refractivity contribution in [2.24, 2.45) is 5.92 Å². The Morgan fingerprint density at radius 1 is 1.19 bits per heavy atom. The summed E-state index contributed by atoms with van der Waals surface area (Å²) in [5, 5.41) is 32.4. The van der Waals surface area contributed by atoms with Crippen LogP contribution in [0, 0.1) is 5.92 Å². The van der Waals surface area contributed by atoms with Gasteiger partial charge in [0.05, 0.1) is 17.9 Å². The fourth-order valence-electron chi connectivity index (χ4n) is 5.42. The second-order valence-electron chi connectivity index (χ2n) is 11.4. The quantitative estimate of drug-likeness (QED) is 0.313. The Hall–Kier alpha value is -3.60. The number of amides is 2. The zero-order chi connectivity index (χ0) is 30.3. The van der Waals surface area contributed by atoms with Gasteiger partial charge in [0.2, 0.25) is 5.91 Å². The number of hydrogen-bond donors (Lipinski definition) is 3. The Bertz CT molecular complexity index is 1360. The van der Waals surface area contributed by atoms with Gasteiger partial charge >= 0.3 is 0 Å². The molecule has 1 aromatic carbocycles. The standard InChI is InChI=1S/C32H44N6O4/c1-23(2)8-7-9-24(3)13-17-38-29-12-11-27(37-18-15-33-21-30(37)40)20-28(29)32(42,31(38)41)25(4)10-5-6-16-36-22-26(14-19-39)34-35-36/h5,8,10-13,20,22,25,33,39,42H,6-7,9,14-19,21H2,1-4H3/b10-5+,24-13+/t25-,32+/m1/s1. The molecular formula is C32H44N6O4. The lowest BCUT2D eigenvalue weighted by molar-refractivity contribution is -0.139. The van der Waals surface area contributed by atoms with E-state index in [0.29, 0.717) is 56.0 Å². The minimum absolute atomic E-state index is 0.0248. The second-order valence-corrected chi connectivity index (χ2v) is 11.4. The number of aliphatic hydroxyl groups is 2. The number of allylic oxidation sites excluding steroid dienone is 4. The molecule has 1 saturated heterocycles. The van der Waals surface area contributed by atoms with Gasteiger partial charge in [0, 0.05) is 62.6 Å². The molecule has 2 amide bonds. The number of aryl methyl sites for hydroxylation is 1. The van der Waals surface area contributed by atoms with Crippen LogP contribution in [0.4, 0.5) is 11.4 Å². The summed E-state index contributed by atoms with van der Waals surface area (Å²) in [4.78, 5) is 30.0. The van der Waals surface area contributed by atoms with Crippen LogP contribution in [-0.2, 0) is 28.2 Å². The van der Waals surface area contributed by atoms with E-state index < -0.39 is 11.5 Å². The van der Waals surface area contributed by atoms with Gasteiger partial charge in [-0.3, -0.25) is 14.3 Å². The molecular weight excluding hydrogens is 532 g/mol. The van der Waals surface area contributed by atoms with Gasteiger partial charge < -0.3 is 25.3 Å². The van der Waals surface area contributed by atoms with Crippen molar-refractivity contribution in [3.63, 3.8) is 0 Å². The van der Waals surface area contributed by atoms with Crippen LogP contribution in [-0.4, -0.2) is 69.8 Å². The Morgan fingerprint density at radius 2 is 2.00 bits per heavy atom. The van der Waals surface area contributed by atoms with Crippen molar-refractivity contribution in [3.05, 3.63) is 71.1 Å². The molecule has 0 bridgehead atoms. The van der Waals surface area contributed by atoms with Crippen molar-refractivity contribution >= 4 is 23.2 Å². The van der Waals surface area contributed by atoms with E-state index in [1.165, 1.54) is 11.1 Å². The number of piperazine rings is 1. The van der Waals surface area contributed by atoms with Crippen LogP contribution in [0.15, 0.2) is 59.8 Å². The number of fused-ring (bicyclic) bond motifs is 1. The van der Waals surface area contributed by atoms with Crippen LogP contribution in [0.25, 0.3) is 0 Å². The molecule has 226 valence electrons. The van der Waals surface area contributed by atoms with Crippen molar-refractivity contribution in [1.82, 2.24) is 20.3 Å². The highest BCUT2D eigenvalue weighted by atomic mass is 16.3. The van der Waals surface area contributed by atoms with E-state index in [2.05, 4.69) is 48.6 Å². The average Bonchev–Trinajstić information content (AvgIpc) is 3.50. The van der Waals surface area contributed by atoms with E-state index in [4.69, 9.17) is 5.11 Å². The van der Waals surface area contributed by atoms with Crippen LogP contribution in [0.2, 0.25) is 0 Å². The molecule has 0 spiro atoms. The van der Waals surface area contributed by atoms with Crippen LogP contribution < -0.4 is 15.1 Å². The summed E-state index contributed by atoms with van der Waals surface area (Å²) < 4.78 is 1.72. The first kappa shape index (κ1) is 31.3. The summed E-state index contributed by atoms with van der Waals surface area (Å²) in [6, 6.07) is 5.53. The van der Waals surface area contributed by atoms with Gasteiger partial charge in [0.25, 0.3) is 5.91 Å². The number of nitrogens with one attached hydrogen (secondary N) is 1. The minimum atomic E-state index is -1.77. The van der Waals surface area contributed by atoms with E-state index in [1.807, 2.05) is 43.5 Å². The van der Waals surface area contributed by atoms with E-state index in [0.717, 1.165) is 18.5 Å². The molecule has 10 nitrogen and oxygen atoms in total. The second kappa shape index (κ2) is 14.0. The van der Waals surface area contributed by atoms with Gasteiger partial charge in [-0.25, -0.2) is 0 Å². The molecule has 0 unspecified atom stereocenters. The van der Waals surface area contributed by atoms with Crippen molar-refractivity contribution in [2.45, 2.75) is 65.5 Å². The predicted octanol–water partition coefficient (Wildman–Crippen LogP) is 3.26. The van der Waals surface area contributed by atoms with Crippen molar-refractivity contribution in [3.8, 4) is 0 Å². The monoisotopic (exact) mass is 576 g/mol. The summed E-state index contributed by atoms with van der Waals surface area (Å²) >= 11 is 0. The largest absolute Gasteiger partial charge is 0.396 e. The van der Waals surface area contributed by atoms with Crippen LogP contribution in [0.3, 0.4) is 0 Å². The van der Waals surface area contributed by atoms with Crippen LogP contribution in [0.5, 0.6) is 0 Å². The number of hydrogen-bond acceptors (Lipinski definition) is 7. The molecule has 1 fully saturated rings. The van der Waals surface area contributed by atoms with Gasteiger partial charge in [-0.2, -0.15) is 0 Å². The van der Waals surface area contributed by atoms with Crippen LogP contribution in [0.1, 0.15) is 58.2 Å². The Kier molecular flexibility index (Phi) is 10.5. The number of carbonyl (C=O) groups excluding carboxylic acids is 2. The first-order chi connectivity index (χ1) is 20.1. The maximum Gasteiger partial charge on any atom is 0.264 e. The lowest BCUT2D eigenvalue weighted by atomic mass is 9.82. The third-order valence-corrected chi connectivity index (χ3v) is 7.93. The van der Waals surface area contributed by atoms with Crippen LogP contribution >= 0.6 is 0 Å². The summed E-state index contributed by atoms with van der Waals surface area (Å²) in [5.74, 6) is -0.924. The molecule has 2 atom stereocenters. The smallest absolute Gasteiger partial charge is 0.264 e. The molecule has 0 saturated carbocycles. The molecule has 0 radical (unpaired) electrons.